The molecule has 3 aromatic rings. The molecular formula is C25H25ClN2O3. The summed E-state index contributed by atoms with van der Waals surface area (Å²) in [7, 11) is 0. The number of nitrogens with zero attached hydrogens (tertiary/aromatic N) is 1. The molecular weight excluding hydrogens is 412 g/mol. The van der Waals surface area contributed by atoms with Crippen molar-refractivity contribution in [2.75, 3.05) is 0 Å². The van der Waals surface area contributed by atoms with Gasteiger partial charge in [0.05, 0.1) is 6.21 Å². The number of hydrazone groups is 1. The van der Waals surface area contributed by atoms with Crippen LogP contribution in [0.2, 0.25) is 5.02 Å². The highest BCUT2D eigenvalue weighted by Crippen LogP contribution is 2.26. The zero-order valence-electron chi connectivity index (χ0n) is 17.8. The van der Waals surface area contributed by atoms with E-state index in [-0.39, 0.29) is 5.91 Å². The molecule has 0 radical (unpaired) electrons. The number of hydrogen-bond donors (Lipinski definition) is 1. The fourth-order valence-corrected chi connectivity index (χ4v) is 3.03. The zero-order valence-corrected chi connectivity index (χ0v) is 18.5. The summed E-state index contributed by atoms with van der Waals surface area (Å²) in [4.78, 5) is 12.3. The van der Waals surface area contributed by atoms with Crippen molar-refractivity contribution in [3.8, 4) is 11.5 Å². The maximum atomic E-state index is 12.3. The van der Waals surface area contributed by atoms with Gasteiger partial charge in [0.25, 0.3) is 5.91 Å². The molecule has 0 aliphatic carbocycles. The van der Waals surface area contributed by atoms with Crippen LogP contribution >= 0.6 is 11.6 Å². The van der Waals surface area contributed by atoms with Crippen LogP contribution in [0.5, 0.6) is 11.5 Å². The molecule has 3 aromatic carbocycles. The van der Waals surface area contributed by atoms with Crippen molar-refractivity contribution in [2.24, 2.45) is 5.10 Å². The third-order valence-corrected chi connectivity index (χ3v) is 5.18. The summed E-state index contributed by atoms with van der Waals surface area (Å²) in [5, 5.41) is 4.73. The molecule has 5 nitrogen and oxygen atoms in total. The number of amides is 1. The van der Waals surface area contributed by atoms with Crippen molar-refractivity contribution >= 4 is 23.7 Å². The zero-order chi connectivity index (χ0) is 22.2. The highest BCUT2D eigenvalue weighted by atomic mass is 35.5. The van der Waals surface area contributed by atoms with Crippen LogP contribution in [0.4, 0.5) is 0 Å². The van der Waals surface area contributed by atoms with Crippen molar-refractivity contribution in [1.82, 2.24) is 5.43 Å². The van der Waals surface area contributed by atoms with Gasteiger partial charge in [-0.25, -0.2) is 5.43 Å². The van der Waals surface area contributed by atoms with Gasteiger partial charge in [-0.15, -0.1) is 0 Å². The summed E-state index contributed by atoms with van der Waals surface area (Å²) < 4.78 is 11.5. The van der Waals surface area contributed by atoms with E-state index < -0.39 is 6.10 Å². The van der Waals surface area contributed by atoms with Crippen LogP contribution in [0, 0.1) is 13.8 Å². The Morgan fingerprint density at radius 1 is 1.03 bits per heavy atom. The maximum absolute atomic E-state index is 12.3. The Kier molecular flexibility index (Phi) is 7.68. The molecule has 0 saturated heterocycles. The van der Waals surface area contributed by atoms with E-state index in [0.29, 0.717) is 17.4 Å². The number of hydrogen-bond acceptors (Lipinski definition) is 4. The minimum Gasteiger partial charge on any atom is -0.489 e. The summed E-state index contributed by atoms with van der Waals surface area (Å²) in [5.41, 5.74) is 6.21. The predicted molar refractivity (Wildman–Crippen MR) is 124 cm³/mol. The number of ether oxygens (including phenoxy) is 2. The molecule has 0 aliphatic heterocycles. The normalized spacial score (nSPS) is 11.9. The van der Waals surface area contributed by atoms with Crippen molar-refractivity contribution in [3.05, 3.63) is 94.0 Å². The summed E-state index contributed by atoms with van der Waals surface area (Å²) in [6.07, 6.45) is 0.856. The third-order valence-electron chi connectivity index (χ3n) is 4.59. The smallest absolute Gasteiger partial charge is 0.280 e. The number of carbonyl (C=O) groups excluding carboxylic acids is 1. The molecule has 1 N–H and O–H groups in total. The van der Waals surface area contributed by atoms with Gasteiger partial charge in [0.15, 0.2) is 6.10 Å². The molecule has 31 heavy (non-hydrogen) atoms. The number of carbonyl (C=O) groups is 1. The van der Waals surface area contributed by atoms with Gasteiger partial charge in [0, 0.05) is 5.02 Å². The van der Waals surface area contributed by atoms with Gasteiger partial charge in [-0.2, -0.15) is 5.10 Å². The van der Waals surface area contributed by atoms with E-state index in [2.05, 4.69) is 10.5 Å². The first kappa shape index (κ1) is 22.4. The first-order valence-corrected chi connectivity index (χ1v) is 10.3. The van der Waals surface area contributed by atoms with Crippen LogP contribution in [0.15, 0.2) is 71.8 Å². The van der Waals surface area contributed by atoms with Gasteiger partial charge in [-0.1, -0.05) is 54.1 Å². The van der Waals surface area contributed by atoms with E-state index in [1.807, 2.05) is 80.6 Å². The van der Waals surface area contributed by atoms with Gasteiger partial charge in [-0.3, -0.25) is 4.79 Å². The molecule has 1 amide bonds. The van der Waals surface area contributed by atoms with E-state index >= 15 is 0 Å². The van der Waals surface area contributed by atoms with E-state index in [1.165, 1.54) is 0 Å². The molecule has 1 atom stereocenters. The average molecular weight is 437 g/mol. The number of benzene rings is 3. The fourth-order valence-electron chi connectivity index (χ4n) is 2.92. The first-order valence-electron chi connectivity index (χ1n) is 9.95. The highest BCUT2D eigenvalue weighted by Gasteiger charge is 2.15. The topological polar surface area (TPSA) is 59.9 Å². The molecule has 0 aliphatic rings. The van der Waals surface area contributed by atoms with E-state index in [4.69, 9.17) is 21.1 Å². The largest absolute Gasteiger partial charge is 0.489 e. The summed E-state index contributed by atoms with van der Waals surface area (Å²) >= 11 is 6.17. The number of halogens is 1. The molecule has 160 valence electrons. The first-order chi connectivity index (χ1) is 14.9. The molecule has 0 spiro atoms. The van der Waals surface area contributed by atoms with Crippen LogP contribution < -0.4 is 14.9 Å². The Bertz CT molecular complexity index is 1040. The average Bonchev–Trinajstić information content (AvgIpc) is 2.77. The Morgan fingerprint density at radius 3 is 2.45 bits per heavy atom. The predicted octanol–water partition coefficient (Wildman–Crippen LogP) is 5.45. The van der Waals surface area contributed by atoms with Crippen molar-refractivity contribution < 1.29 is 14.3 Å². The Balaban J connectivity index is 1.53. The van der Waals surface area contributed by atoms with Gasteiger partial charge >= 0.3 is 0 Å². The highest BCUT2D eigenvalue weighted by molar-refractivity contribution is 6.32. The molecule has 1 unspecified atom stereocenters. The van der Waals surface area contributed by atoms with Crippen molar-refractivity contribution in [1.29, 1.82) is 0 Å². The summed E-state index contributed by atoms with van der Waals surface area (Å²) in [6, 6.07) is 21.1. The van der Waals surface area contributed by atoms with Crippen LogP contribution in [0.1, 0.15) is 29.2 Å². The SMILES string of the molecule is Cc1cc(OC(C)C(=O)NN=Cc2cccc(OCc3ccccc3)c2)cc(C)c1Cl. The summed E-state index contributed by atoms with van der Waals surface area (Å²) in [6.45, 7) is 5.95. The lowest BCUT2D eigenvalue weighted by Gasteiger charge is -2.15. The van der Waals surface area contributed by atoms with E-state index in [0.717, 1.165) is 28.0 Å². The Hall–Kier alpha value is -3.31. The van der Waals surface area contributed by atoms with Crippen molar-refractivity contribution in [2.45, 2.75) is 33.5 Å². The van der Waals surface area contributed by atoms with Crippen LogP contribution in [0.25, 0.3) is 0 Å². The number of rotatable bonds is 8. The monoisotopic (exact) mass is 436 g/mol. The molecule has 0 aromatic heterocycles. The van der Waals surface area contributed by atoms with Crippen LogP contribution in [-0.2, 0) is 11.4 Å². The molecule has 0 saturated carbocycles. The summed E-state index contributed by atoms with van der Waals surface area (Å²) in [5.74, 6) is 0.969. The van der Waals surface area contributed by atoms with Crippen LogP contribution in [-0.4, -0.2) is 18.2 Å². The standard InChI is InChI=1S/C25H25ClN2O3/c1-17-12-23(13-18(2)24(17)26)31-19(3)25(29)28-27-15-21-10-7-11-22(14-21)30-16-20-8-5-4-6-9-20/h4-15,19H,16H2,1-3H3,(H,28,29). The fraction of sp³-hybridized carbons (Fsp3) is 0.200. The molecule has 6 heteroatoms. The lowest BCUT2D eigenvalue weighted by Crippen LogP contribution is -2.33. The minimum absolute atomic E-state index is 0.349. The second-order valence-corrected chi connectivity index (χ2v) is 7.59. The number of nitrogens with one attached hydrogen (secondary N) is 1. The minimum atomic E-state index is -0.710. The lowest BCUT2D eigenvalue weighted by molar-refractivity contribution is -0.127. The maximum Gasteiger partial charge on any atom is 0.280 e. The third kappa shape index (κ3) is 6.59. The molecule has 0 bridgehead atoms. The second-order valence-electron chi connectivity index (χ2n) is 7.21. The second kappa shape index (κ2) is 10.6. The lowest BCUT2D eigenvalue weighted by atomic mass is 10.1. The Labute approximate surface area is 187 Å². The van der Waals surface area contributed by atoms with Crippen molar-refractivity contribution in [3.63, 3.8) is 0 Å². The molecule has 0 fully saturated rings. The van der Waals surface area contributed by atoms with E-state index in [1.54, 1.807) is 13.1 Å². The van der Waals surface area contributed by atoms with Gasteiger partial charge in [-0.05, 0) is 67.3 Å². The van der Waals surface area contributed by atoms with Gasteiger partial charge in [0.1, 0.15) is 18.1 Å². The Morgan fingerprint density at radius 2 is 1.74 bits per heavy atom. The quantitative estimate of drug-likeness (QED) is 0.377. The number of aryl methyl sites for hydroxylation is 2. The molecule has 0 heterocycles. The van der Waals surface area contributed by atoms with Crippen LogP contribution in [0.3, 0.4) is 0 Å². The van der Waals surface area contributed by atoms with E-state index in [9.17, 15) is 4.79 Å². The van der Waals surface area contributed by atoms with Gasteiger partial charge < -0.3 is 9.47 Å². The van der Waals surface area contributed by atoms with Gasteiger partial charge in [0.2, 0.25) is 0 Å². The molecule has 3 rings (SSSR count).